The molecule has 0 amide bonds. The number of alkyl halides is 3. The summed E-state index contributed by atoms with van der Waals surface area (Å²) in [6.45, 7) is 3.96. The Morgan fingerprint density at radius 3 is 2.31 bits per heavy atom. The minimum absolute atomic E-state index is 0.128. The van der Waals surface area contributed by atoms with Crippen molar-refractivity contribution in [1.82, 2.24) is 5.32 Å². The van der Waals surface area contributed by atoms with E-state index in [4.69, 9.17) is 0 Å². The highest BCUT2D eigenvalue weighted by atomic mass is 32.2. The Balaban J connectivity index is 2.13. The van der Waals surface area contributed by atoms with E-state index in [1.165, 1.54) is 11.8 Å². The van der Waals surface area contributed by atoms with Crippen LogP contribution in [-0.2, 0) is 0 Å². The normalized spacial score (nSPS) is 29.9. The van der Waals surface area contributed by atoms with E-state index in [-0.39, 0.29) is 18.4 Å². The van der Waals surface area contributed by atoms with Gasteiger partial charge >= 0.3 is 6.18 Å². The first kappa shape index (κ1) is 12.1. The predicted molar refractivity (Wildman–Crippen MR) is 59.7 cm³/mol. The first-order valence-electron chi connectivity index (χ1n) is 5.32. The zero-order chi connectivity index (χ0) is 12.0. The van der Waals surface area contributed by atoms with Crippen LogP contribution in [0.1, 0.15) is 33.1 Å². The lowest BCUT2D eigenvalue weighted by Gasteiger charge is -2.33. The summed E-state index contributed by atoms with van der Waals surface area (Å²) < 4.78 is 38.1. The van der Waals surface area contributed by atoms with Crippen molar-refractivity contribution in [2.45, 2.75) is 50.4 Å². The van der Waals surface area contributed by atoms with Crippen LogP contribution in [0.2, 0.25) is 0 Å². The molecule has 0 bridgehead atoms. The molecule has 0 atom stereocenters. The summed E-state index contributed by atoms with van der Waals surface area (Å²) in [5.41, 5.74) is -1.93. The molecule has 2 nitrogen and oxygen atoms in total. The van der Waals surface area contributed by atoms with Crippen LogP contribution < -0.4 is 5.32 Å². The summed E-state index contributed by atoms with van der Waals surface area (Å²) in [6.07, 6.45) is -3.01. The van der Waals surface area contributed by atoms with Gasteiger partial charge in [0, 0.05) is 11.3 Å². The third kappa shape index (κ3) is 2.31. The van der Waals surface area contributed by atoms with E-state index in [2.05, 4.69) is 10.3 Å². The quantitative estimate of drug-likeness (QED) is 0.776. The fourth-order valence-electron chi connectivity index (χ4n) is 1.62. The van der Waals surface area contributed by atoms with Crippen molar-refractivity contribution in [1.29, 1.82) is 0 Å². The van der Waals surface area contributed by atoms with Crippen LogP contribution in [-0.4, -0.2) is 28.2 Å². The minimum atomic E-state index is -4.20. The number of aliphatic imine (C=N–C) groups is 1. The fraction of sp³-hybridized carbons (Fsp3) is 0.900. The first-order chi connectivity index (χ1) is 7.24. The maximum absolute atomic E-state index is 12.7. The van der Waals surface area contributed by atoms with Crippen LogP contribution in [0.15, 0.2) is 4.99 Å². The Labute approximate surface area is 97.1 Å². The van der Waals surface area contributed by atoms with Gasteiger partial charge < -0.3 is 5.32 Å². The van der Waals surface area contributed by atoms with Crippen LogP contribution in [0.25, 0.3) is 0 Å². The molecular weight excluding hydrogens is 237 g/mol. The van der Waals surface area contributed by atoms with Gasteiger partial charge in [-0.05, 0) is 33.1 Å². The third-order valence-electron chi connectivity index (χ3n) is 2.98. The topological polar surface area (TPSA) is 24.4 Å². The molecule has 0 unspecified atom stereocenters. The molecule has 0 aromatic heterocycles. The largest absolute Gasteiger partial charge is 0.413 e. The lowest BCUT2D eigenvalue weighted by molar-refractivity contribution is -0.155. The molecule has 2 fully saturated rings. The number of hydrogen-bond acceptors (Lipinski definition) is 2. The molecule has 6 heteroatoms. The van der Waals surface area contributed by atoms with Gasteiger partial charge in [0.2, 0.25) is 0 Å². The van der Waals surface area contributed by atoms with E-state index >= 15 is 0 Å². The Kier molecular flexibility index (Phi) is 2.68. The zero-order valence-electron chi connectivity index (χ0n) is 9.32. The van der Waals surface area contributed by atoms with Crippen molar-refractivity contribution in [3.63, 3.8) is 0 Å². The summed E-state index contributed by atoms with van der Waals surface area (Å²) in [7, 11) is 0. The van der Waals surface area contributed by atoms with E-state index in [1.807, 2.05) is 13.8 Å². The second-order valence-corrected chi connectivity index (χ2v) is 6.14. The summed E-state index contributed by atoms with van der Waals surface area (Å²) in [5.74, 6) is 0.826. The second kappa shape index (κ2) is 3.55. The number of amidine groups is 1. The van der Waals surface area contributed by atoms with Crippen LogP contribution >= 0.6 is 11.8 Å². The molecule has 0 radical (unpaired) electrons. The minimum Gasteiger partial charge on any atom is -0.360 e. The highest BCUT2D eigenvalue weighted by Crippen LogP contribution is 2.52. The molecule has 0 spiro atoms. The molecule has 0 aromatic rings. The van der Waals surface area contributed by atoms with Gasteiger partial charge in [-0.2, -0.15) is 13.2 Å². The van der Waals surface area contributed by atoms with Crippen molar-refractivity contribution in [3.8, 4) is 0 Å². The molecule has 1 aliphatic heterocycles. The maximum atomic E-state index is 12.7. The van der Waals surface area contributed by atoms with Gasteiger partial charge in [0.25, 0.3) is 0 Å². The van der Waals surface area contributed by atoms with Gasteiger partial charge in [0.15, 0.2) is 10.7 Å². The first-order valence-corrected chi connectivity index (χ1v) is 6.30. The Morgan fingerprint density at radius 1 is 1.25 bits per heavy atom. The SMILES string of the molecule is CC1(C)CCSC(=NC2(C(F)(F)F)CC2)N1. The van der Waals surface area contributed by atoms with Crippen molar-refractivity contribution >= 4 is 16.9 Å². The molecule has 2 rings (SSSR count). The lowest BCUT2D eigenvalue weighted by atomic mass is 10.0. The monoisotopic (exact) mass is 252 g/mol. The van der Waals surface area contributed by atoms with Crippen LogP contribution in [0.3, 0.4) is 0 Å². The summed E-state index contributed by atoms with van der Waals surface area (Å²) in [4.78, 5) is 3.89. The van der Waals surface area contributed by atoms with Gasteiger partial charge in [-0.3, -0.25) is 0 Å². The van der Waals surface area contributed by atoms with E-state index in [1.54, 1.807) is 0 Å². The Morgan fingerprint density at radius 2 is 1.88 bits per heavy atom. The predicted octanol–water partition coefficient (Wildman–Crippen LogP) is 2.94. The van der Waals surface area contributed by atoms with E-state index in [0.29, 0.717) is 5.17 Å². The zero-order valence-corrected chi connectivity index (χ0v) is 10.1. The van der Waals surface area contributed by atoms with Crippen molar-refractivity contribution in [3.05, 3.63) is 0 Å². The summed E-state index contributed by atoms with van der Waals surface area (Å²) >= 11 is 1.39. The molecule has 1 saturated heterocycles. The molecule has 92 valence electrons. The fourth-order valence-corrected chi connectivity index (χ4v) is 3.02. The van der Waals surface area contributed by atoms with Gasteiger partial charge in [-0.25, -0.2) is 4.99 Å². The summed E-state index contributed by atoms with van der Waals surface area (Å²) in [5, 5.41) is 3.52. The average molecular weight is 252 g/mol. The van der Waals surface area contributed by atoms with E-state index in [9.17, 15) is 13.2 Å². The maximum Gasteiger partial charge on any atom is 0.413 e. The number of nitrogens with one attached hydrogen (secondary N) is 1. The molecule has 1 saturated carbocycles. The van der Waals surface area contributed by atoms with Crippen molar-refractivity contribution in [2.75, 3.05) is 5.75 Å². The number of rotatable bonds is 1. The Bertz CT molecular complexity index is 319. The lowest BCUT2D eigenvalue weighted by Crippen LogP contribution is -2.47. The highest BCUT2D eigenvalue weighted by molar-refractivity contribution is 8.13. The molecular formula is C10H15F3N2S. The van der Waals surface area contributed by atoms with Gasteiger partial charge in [0.05, 0.1) is 0 Å². The number of nitrogens with zero attached hydrogens (tertiary/aromatic N) is 1. The average Bonchev–Trinajstić information content (AvgIpc) is 2.81. The summed E-state index contributed by atoms with van der Waals surface area (Å²) in [6, 6.07) is 0. The van der Waals surface area contributed by atoms with E-state index in [0.717, 1.165) is 12.2 Å². The number of hydrogen-bond donors (Lipinski definition) is 1. The van der Waals surface area contributed by atoms with Crippen LogP contribution in [0.5, 0.6) is 0 Å². The molecule has 2 aliphatic rings. The second-order valence-electron chi connectivity index (χ2n) is 5.05. The Hall–Kier alpha value is -0.390. The highest BCUT2D eigenvalue weighted by Gasteiger charge is 2.64. The van der Waals surface area contributed by atoms with Crippen molar-refractivity contribution < 1.29 is 13.2 Å². The molecule has 16 heavy (non-hydrogen) atoms. The molecule has 1 N–H and O–H groups in total. The molecule has 1 aliphatic carbocycles. The van der Waals surface area contributed by atoms with Gasteiger partial charge in [-0.15, -0.1) is 0 Å². The van der Waals surface area contributed by atoms with Crippen molar-refractivity contribution in [2.24, 2.45) is 4.99 Å². The number of halogens is 3. The molecule has 0 aromatic carbocycles. The molecule has 1 heterocycles. The number of thioether (sulfide) groups is 1. The smallest absolute Gasteiger partial charge is 0.360 e. The van der Waals surface area contributed by atoms with Crippen LogP contribution in [0.4, 0.5) is 13.2 Å². The van der Waals surface area contributed by atoms with Gasteiger partial charge in [0.1, 0.15) is 0 Å². The van der Waals surface area contributed by atoms with Crippen LogP contribution in [0, 0.1) is 0 Å². The van der Waals surface area contributed by atoms with E-state index < -0.39 is 11.7 Å². The van der Waals surface area contributed by atoms with Gasteiger partial charge in [-0.1, -0.05) is 11.8 Å². The standard InChI is InChI=1S/C10H15F3N2S/c1-8(2)5-6-16-7(14-8)15-9(3-4-9)10(11,12)13/h3-6H2,1-2H3,(H,14,15). The third-order valence-corrected chi connectivity index (χ3v) is 3.85.